The van der Waals surface area contributed by atoms with Crippen LogP contribution in [0.5, 0.6) is 0 Å². The van der Waals surface area contributed by atoms with Gasteiger partial charge in [-0.1, -0.05) is 41.9 Å². The Morgan fingerprint density at radius 1 is 0.927 bits per heavy atom. The molecule has 2 aromatic heterocycles. The summed E-state index contributed by atoms with van der Waals surface area (Å²) in [5, 5.41) is 35.8. The van der Waals surface area contributed by atoms with E-state index >= 15 is 0 Å². The highest BCUT2D eigenvalue weighted by Gasteiger charge is 2.40. The highest BCUT2D eigenvalue weighted by molar-refractivity contribution is 6.31. The third-order valence-corrected chi connectivity index (χ3v) is 6.53. The number of carboxylic acid groups (broad SMARTS) is 3. The second-order valence-corrected chi connectivity index (χ2v) is 9.87. The summed E-state index contributed by atoms with van der Waals surface area (Å²) in [4.78, 5) is 41.5. The Morgan fingerprint density at radius 2 is 1.66 bits per heavy atom. The van der Waals surface area contributed by atoms with Crippen LogP contribution in [-0.2, 0) is 34.0 Å². The van der Waals surface area contributed by atoms with E-state index in [1.54, 1.807) is 0 Å². The average molecular weight is 583 g/mol. The van der Waals surface area contributed by atoms with E-state index in [2.05, 4.69) is 49.8 Å². The number of carboxylic acids is 3. The molecule has 0 amide bonds. The number of imidazole rings is 1. The normalized spacial score (nSPS) is 11.2. The van der Waals surface area contributed by atoms with Crippen molar-refractivity contribution in [2.45, 2.75) is 44.5 Å². The molecule has 0 saturated carbocycles. The molecule has 0 fully saturated rings. The van der Waals surface area contributed by atoms with Crippen LogP contribution in [-0.4, -0.2) is 69.9 Å². The number of hydrogen-bond donors (Lipinski definition) is 4. The molecule has 4 aromatic rings. The van der Waals surface area contributed by atoms with Crippen LogP contribution in [0.3, 0.4) is 0 Å². The molecule has 4 rings (SSSR count). The number of pyridine rings is 1. The predicted molar refractivity (Wildman–Crippen MR) is 151 cm³/mol. The van der Waals surface area contributed by atoms with Gasteiger partial charge in [-0.15, -0.1) is 0 Å². The lowest BCUT2D eigenvalue weighted by Crippen LogP contribution is -2.42. The summed E-state index contributed by atoms with van der Waals surface area (Å²) >= 11 is 6.42. The van der Waals surface area contributed by atoms with E-state index in [1.807, 2.05) is 49.2 Å². The fourth-order valence-electron chi connectivity index (χ4n) is 4.17. The topological polar surface area (TPSA) is 166 Å². The molecule has 2 aromatic carbocycles. The molecule has 0 aliphatic heterocycles. The van der Waals surface area contributed by atoms with Crippen molar-refractivity contribution in [1.82, 2.24) is 19.4 Å². The molecule has 41 heavy (non-hydrogen) atoms. The van der Waals surface area contributed by atoms with E-state index in [9.17, 15) is 14.4 Å². The standard InChI is InChI=1S/C23H23ClN4.C6H8O7/c24-22-7-2-1-5-21(22)17-28(13-4-12-27-14-11-25-18-27)16-19-8-9-23-20(15-19)6-3-10-26-23;7-3(8)1-6(13,5(11)12)2-4(9)10/h1-3,5-11,14-15,18H,4,12-13,16-17H2;13H,1-2H2,(H,7,8)(H,9,10)(H,11,12). The number of benzene rings is 2. The Hall–Kier alpha value is -4.32. The summed E-state index contributed by atoms with van der Waals surface area (Å²) in [5.41, 5.74) is 0.742. The molecule has 0 aliphatic carbocycles. The van der Waals surface area contributed by atoms with Crippen molar-refractivity contribution in [2.75, 3.05) is 6.54 Å². The third-order valence-electron chi connectivity index (χ3n) is 6.16. The summed E-state index contributed by atoms with van der Waals surface area (Å²) in [7, 11) is 0. The first kappa shape index (κ1) is 31.2. The lowest BCUT2D eigenvalue weighted by atomic mass is 9.96. The number of halogens is 1. The van der Waals surface area contributed by atoms with Gasteiger partial charge in [-0.3, -0.25) is 19.5 Å². The molecule has 4 N–H and O–H groups in total. The van der Waals surface area contributed by atoms with Crippen LogP contribution in [0.25, 0.3) is 10.9 Å². The van der Waals surface area contributed by atoms with Gasteiger partial charge in [-0.05, 0) is 41.8 Å². The Morgan fingerprint density at radius 3 is 2.29 bits per heavy atom. The molecule has 11 nitrogen and oxygen atoms in total. The predicted octanol–water partition coefficient (Wildman–Crippen LogP) is 3.93. The second kappa shape index (κ2) is 14.9. The van der Waals surface area contributed by atoms with E-state index < -0.39 is 36.4 Å². The van der Waals surface area contributed by atoms with Crippen molar-refractivity contribution < 1.29 is 34.8 Å². The van der Waals surface area contributed by atoms with Crippen LogP contribution in [0, 0.1) is 0 Å². The number of aromatic nitrogens is 3. The van der Waals surface area contributed by atoms with E-state index in [-0.39, 0.29) is 0 Å². The number of hydrogen-bond acceptors (Lipinski definition) is 7. The maximum absolute atomic E-state index is 10.3. The van der Waals surface area contributed by atoms with Gasteiger partial charge in [-0.25, -0.2) is 9.78 Å². The average Bonchev–Trinajstić information content (AvgIpc) is 3.43. The van der Waals surface area contributed by atoms with E-state index in [1.165, 1.54) is 10.9 Å². The first-order valence-corrected chi connectivity index (χ1v) is 13.1. The van der Waals surface area contributed by atoms with Gasteiger partial charge in [0.05, 0.1) is 24.7 Å². The minimum Gasteiger partial charge on any atom is -0.481 e. The Balaban J connectivity index is 0.000000302. The summed E-state index contributed by atoms with van der Waals surface area (Å²) in [6.07, 6.45) is 6.30. The number of fused-ring (bicyclic) bond motifs is 1. The maximum Gasteiger partial charge on any atom is 0.336 e. The van der Waals surface area contributed by atoms with Gasteiger partial charge in [-0.2, -0.15) is 0 Å². The highest BCUT2D eigenvalue weighted by Crippen LogP contribution is 2.20. The molecular weight excluding hydrogens is 552 g/mol. The van der Waals surface area contributed by atoms with E-state index in [0.29, 0.717) is 0 Å². The number of nitrogens with zero attached hydrogens (tertiary/aromatic N) is 4. The number of aryl methyl sites for hydroxylation is 1. The van der Waals surface area contributed by atoms with Gasteiger partial charge in [0.15, 0.2) is 5.60 Å². The molecule has 2 heterocycles. The van der Waals surface area contributed by atoms with Crippen molar-refractivity contribution >= 4 is 40.4 Å². The highest BCUT2D eigenvalue weighted by atomic mass is 35.5. The van der Waals surface area contributed by atoms with Crippen molar-refractivity contribution in [3.05, 3.63) is 95.7 Å². The summed E-state index contributed by atoms with van der Waals surface area (Å²) in [6.45, 7) is 3.64. The van der Waals surface area contributed by atoms with Crippen LogP contribution in [0.2, 0.25) is 5.02 Å². The quantitative estimate of drug-likeness (QED) is 0.181. The molecule has 0 saturated heterocycles. The van der Waals surface area contributed by atoms with Gasteiger partial charge in [0.1, 0.15) is 0 Å². The molecule has 0 unspecified atom stereocenters. The molecule has 0 atom stereocenters. The van der Waals surface area contributed by atoms with Gasteiger partial charge >= 0.3 is 17.9 Å². The molecule has 0 bridgehead atoms. The number of carbonyl (C=O) groups is 3. The first-order chi connectivity index (χ1) is 19.6. The summed E-state index contributed by atoms with van der Waals surface area (Å²) in [5.74, 6) is -5.02. The van der Waals surface area contributed by atoms with Crippen LogP contribution in [0.1, 0.15) is 30.4 Å². The molecule has 216 valence electrons. The minimum atomic E-state index is -2.74. The zero-order chi connectivity index (χ0) is 29.8. The van der Waals surface area contributed by atoms with Crippen LogP contribution in [0.4, 0.5) is 0 Å². The minimum absolute atomic E-state index is 0.824. The summed E-state index contributed by atoms with van der Waals surface area (Å²) in [6, 6.07) is 18.7. The Labute approximate surface area is 241 Å². The Kier molecular flexibility index (Phi) is 11.3. The SMILES string of the molecule is Clc1ccccc1CN(CCCn1ccnc1)Cc1ccc2ncccc2c1.O=C(O)CC(O)(CC(=O)O)C(=O)O. The lowest BCUT2D eigenvalue weighted by molar-refractivity contribution is -0.170. The van der Waals surface area contributed by atoms with Crippen LogP contribution < -0.4 is 0 Å². The fourth-order valence-corrected chi connectivity index (χ4v) is 4.37. The van der Waals surface area contributed by atoms with Gasteiger partial charge < -0.3 is 25.0 Å². The molecule has 0 aliphatic rings. The van der Waals surface area contributed by atoms with E-state index in [0.717, 1.165) is 48.7 Å². The largest absolute Gasteiger partial charge is 0.481 e. The van der Waals surface area contributed by atoms with Crippen LogP contribution >= 0.6 is 11.6 Å². The van der Waals surface area contributed by atoms with Crippen molar-refractivity contribution in [2.24, 2.45) is 0 Å². The van der Waals surface area contributed by atoms with E-state index in [4.69, 9.17) is 32.0 Å². The third kappa shape index (κ3) is 9.98. The van der Waals surface area contributed by atoms with Gasteiger partial charge in [0.25, 0.3) is 0 Å². The molecule has 12 heteroatoms. The van der Waals surface area contributed by atoms with Crippen molar-refractivity contribution in [3.8, 4) is 0 Å². The van der Waals surface area contributed by atoms with Crippen molar-refractivity contribution in [1.29, 1.82) is 0 Å². The van der Waals surface area contributed by atoms with Crippen molar-refractivity contribution in [3.63, 3.8) is 0 Å². The molecule has 0 radical (unpaired) electrons. The number of rotatable bonds is 13. The maximum atomic E-state index is 10.3. The second-order valence-electron chi connectivity index (χ2n) is 9.46. The first-order valence-electron chi connectivity index (χ1n) is 12.7. The number of aliphatic hydroxyl groups is 1. The van der Waals surface area contributed by atoms with Crippen LogP contribution in [0.15, 0.2) is 79.5 Å². The zero-order valence-electron chi connectivity index (χ0n) is 22.1. The smallest absolute Gasteiger partial charge is 0.336 e. The summed E-state index contributed by atoms with van der Waals surface area (Å²) < 4.78 is 2.12. The fraction of sp³-hybridized carbons (Fsp3) is 0.276. The monoisotopic (exact) mass is 582 g/mol. The molecule has 0 spiro atoms. The number of aliphatic carboxylic acids is 3. The van der Waals surface area contributed by atoms with Gasteiger partial charge in [0.2, 0.25) is 0 Å². The van der Waals surface area contributed by atoms with Gasteiger partial charge in [0, 0.05) is 55.2 Å². The lowest BCUT2D eigenvalue weighted by Gasteiger charge is -2.23. The zero-order valence-corrected chi connectivity index (χ0v) is 22.9. The Bertz CT molecular complexity index is 1450. The molecular formula is C29H31ClN4O7.